The molecule has 1 N–H and O–H groups in total. The first-order valence-electron chi connectivity index (χ1n) is 9.28. The first-order valence-corrected chi connectivity index (χ1v) is 9.28. The molecule has 0 radical (unpaired) electrons. The zero-order valence-corrected chi connectivity index (χ0v) is 16.0. The summed E-state index contributed by atoms with van der Waals surface area (Å²) >= 11 is 0. The second-order valence-electron chi connectivity index (χ2n) is 6.28. The Morgan fingerprint density at radius 2 is 1.92 bits per heavy atom. The molecule has 1 aromatic heterocycles. The van der Waals surface area contributed by atoms with Gasteiger partial charge in [0.15, 0.2) is 0 Å². The number of nitrogens with one attached hydrogen (secondary N) is 1. The van der Waals surface area contributed by atoms with E-state index in [1.54, 1.807) is 6.08 Å². The second kappa shape index (κ2) is 10.6. The number of carbonyl (C=O) groups excluding carboxylic acids is 1. The van der Waals surface area contributed by atoms with Gasteiger partial charge in [0.25, 0.3) is 0 Å². The summed E-state index contributed by atoms with van der Waals surface area (Å²) < 4.78 is 7.38. The molecule has 5 nitrogen and oxygen atoms in total. The Morgan fingerprint density at radius 1 is 1.19 bits per heavy atom. The van der Waals surface area contributed by atoms with E-state index in [1.165, 1.54) is 0 Å². The number of unbranched alkanes of at least 4 members (excludes halogenated alkanes) is 1. The molecule has 1 aromatic carbocycles. The molecule has 26 heavy (non-hydrogen) atoms. The van der Waals surface area contributed by atoms with Crippen LogP contribution in [-0.2, 0) is 9.53 Å². The number of ether oxygens (including phenoxy) is 1. The second-order valence-corrected chi connectivity index (χ2v) is 6.28. The third kappa shape index (κ3) is 5.85. The Morgan fingerprint density at radius 3 is 2.65 bits per heavy atom. The number of aromatic nitrogens is 2. The van der Waals surface area contributed by atoms with Gasteiger partial charge in [0, 0.05) is 37.1 Å². The highest BCUT2D eigenvalue weighted by Crippen LogP contribution is 2.18. The van der Waals surface area contributed by atoms with Gasteiger partial charge in [-0.25, -0.2) is 4.68 Å². The molecule has 2 rings (SSSR count). The third-order valence-corrected chi connectivity index (χ3v) is 4.16. The summed E-state index contributed by atoms with van der Waals surface area (Å²) in [4.78, 5) is 12.0. The average molecular weight is 355 g/mol. The van der Waals surface area contributed by atoms with Gasteiger partial charge in [-0.2, -0.15) is 5.10 Å². The quantitative estimate of drug-likeness (QED) is 0.521. The van der Waals surface area contributed by atoms with Crippen molar-refractivity contribution in [1.29, 1.82) is 0 Å². The lowest BCUT2D eigenvalue weighted by Gasteiger charge is -2.04. The van der Waals surface area contributed by atoms with Crippen LogP contribution in [0.15, 0.2) is 36.4 Å². The van der Waals surface area contributed by atoms with Crippen LogP contribution in [0, 0.1) is 13.8 Å². The number of hydrogen-bond acceptors (Lipinski definition) is 3. The molecule has 0 saturated carbocycles. The number of para-hydroxylation sites is 1. The minimum Gasteiger partial charge on any atom is -0.381 e. The minimum atomic E-state index is -0.0928. The molecule has 1 amide bonds. The highest BCUT2D eigenvalue weighted by Gasteiger charge is 2.10. The van der Waals surface area contributed by atoms with Crippen molar-refractivity contribution in [3.05, 3.63) is 53.4 Å². The molecule has 0 aliphatic carbocycles. The number of benzene rings is 1. The van der Waals surface area contributed by atoms with Crippen molar-refractivity contribution in [3.8, 4) is 5.69 Å². The summed E-state index contributed by atoms with van der Waals surface area (Å²) in [6, 6.07) is 9.99. The highest BCUT2D eigenvalue weighted by molar-refractivity contribution is 5.92. The molecule has 0 atom stereocenters. The van der Waals surface area contributed by atoms with Gasteiger partial charge in [-0.15, -0.1) is 0 Å². The van der Waals surface area contributed by atoms with Crippen LogP contribution in [0.4, 0.5) is 0 Å². The molecule has 0 saturated heterocycles. The fourth-order valence-electron chi connectivity index (χ4n) is 2.67. The van der Waals surface area contributed by atoms with Gasteiger partial charge in [-0.05, 0) is 44.9 Å². The van der Waals surface area contributed by atoms with Gasteiger partial charge in [0.2, 0.25) is 5.91 Å². The van der Waals surface area contributed by atoms with Crippen molar-refractivity contribution in [1.82, 2.24) is 15.1 Å². The predicted molar refractivity (Wildman–Crippen MR) is 105 cm³/mol. The largest absolute Gasteiger partial charge is 0.381 e. The third-order valence-electron chi connectivity index (χ3n) is 4.16. The van der Waals surface area contributed by atoms with Gasteiger partial charge < -0.3 is 10.1 Å². The molecule has 2 aromatic rings. The molecule has 140 valence electrons. The predicted octanol–water partition coefficient (Wildman–Crippen LogP) is 3.83. The Labute approximate surface area is 156 Å². The van der Waals surface area contributed by atoms with E-state index >= 15 is 0 Å². The van der Waals surface area contributed by atoms with Crippen molar-refractivity contribution in [3.63, 3.8) is 0 Å². The molecule has 5 heteroatoms. The Bertz CT molecular complexity index is 720. The maximum Gasteiger partial charge on any atom is 0.244 e. The summed E-state index contributed by atoms with van der Waals surface area (Å²) in [5.74, 6) is -0.0928. The standard InChI is InChI=1S/C21H29N3O2/c1-4-5-15-26-16-9-14-22-21(25)13-12-20-17(2)23-24(18(20)3)19-10-7-6-8-11-19/h6-8,10-13H,4-5,9,14-16H2,1-3H3,(H,22,25)/b13-12+. The van der Waals surface area contributed by atoms with Gasteiger partial charge in [0.05, 0.1) is 11.4 Å². The van der Waals surface area contributed by atoms with Crippen molar-refractivity contribution >= 4 is 12.0 Å². The number of aryl methyl sites for hydroxylation is 1. The van der Waals surface area contributed by atoms with Crippen LogP contribution in [0.2, 0.25) is 0 Å². The maximum absolute atomic E-state index is 12.0. The Kier molecular flexibility index (Phi) is 8.09. The van der Waals surface area contributed by atoms with Crippen LogP contribution in [-0.4, -0.2) is 35.4 Å². The number of nitrogens with zero attached hydrogens (tertiary/aromatic N) is 2. The lowest BCUT2D eigenvalue weighted by atomic mass is 10.2. The molecule has 0 aliphatic rings. The molecule has 0 aliphatic heterocycles. The topological polar surface area (TPSA) is 56.1 Å². The molecule has 0 fully saturated rings. The number of hydrogen-bond donors (Lipinski definition) is 1. The fraction of sp³-hybridized carbons (Fsp3) is 0.429. The number of rotatable bonds is 10. The smallest absolute Gasteiger partial charge is 0.244 e. The van der Waals surface area contributed by atoms with E-state index in [0.29, 0.717) is 13.2 Å². The molecule has 0 spiro atoms. The fourth-order valence-corrected chi connectivity index (χ4v) is 2.67. The van der Waals surface area contributed by atoms with Crippen LogP contribution in [0.25, 0.3) is 11.8 Å². The van der Waals surface area contributed by atoms with E-state index in [0.717, 1.165) is 48.5 Å². The Balaban J connectivity index is 1.86. The lowest BCUT2D eigenvalue weighted by Crippen LogP contribution is -2.23. The van der Waals surface area contributed by atoms with E-state index in [2.05, 4.69) is 17.3 Å². The van der Waals surface area contributed by atoms with E-state index < -0.39 is 0 Å². The van der Waals surface area contributed by atoms with E-state index in [-0.39, 0.29) is 5.91 Å². The molecular formula is C21H29N3O2. The zero-order valence-electron chi connectivity index (χ0n) is 16.0. The van der Waals surface area contributed by atoms with Crippen LogP contribution in [0.1, 0.15) is 43.1 Å². The minimum absolute atomic E-state index is 0.0928. The van der Waals surface area contributed by atoms with Crippen molar-refractivity contribution in [2.45, 2.75) is 40.0 Å². The van der Waals surface area contributed by atoms with Crippen molar-refractivity contribution in [2.24, 2.45) is 0 Å². The lowest BCUT2D eigenvalue weighted by molar-refractivity contribution is -0.116. The monoisotopic (exact) mass is 355 g/mol. The van der Waals surface area contributed by atoms with Crippen LogP contribution in [0.5, 0.6) is 0 Å². The molecule has 0 bridgehead atoms. The van der Waals surface area contributed by atoms with Gasteiger partial charge in [0.1, 0.15) is 0 Å². The first kappa shape index (κ1) is 19.9. The first-order chi connectivity index (χ1) is 12.6. The van der Waals surface area contributed by atoms with Gasteiger partial charge >= 0.3 is 0 Å². The highest BCUT2D eigenvalue weighted by atomic mass is 16.5. The van der Waals surface area contributed by atoms with Gasteiger partial charge in [-0.3, -0.25) is 4.79 Å². The average Bonchev–Trinajstić information content (AvgIpc) is 2.94. The number of amides is 1. The normalized spacial score (nSPS) is 11.2. The summed E-state index contributed by atoms with van der Waals surface area (Å²) in [6.45, 7) is 8.22. The SMILES string of the molecule is CCCCOCCCNC(=O)/C=C/c1c(C)nn(-c2ccccc2)c1C. The van der Waals surface area contributed by atoms with Crippen molar-refractivity contribution in [2.75, 3.05) is 19.8 Å². The summed E-state index contributed by atoms with van der Waals surface area (Å²) in [7, 11) is 0. The summed E-state index contributed by atoms with van der Waals surface area (Å²) in [6.07, 6.45) is 6.47. The van der Waals surface area contributed by atoms with Crippen LogP contribution < -0.4 is 5.32 Å². The molecule has 1 heterocycles. The van der Waals surface area contributed by atoms with E-state index in [4.69, 9.17) is 4.74 Å². The summed E-state index contributed by atoms with van der Waals surface area (Å²) in [5, 5.41) is 7.47. The zero-order chi connectivity index (χ0) is 18.8. The molecular weight excluding hydrogens is 326 g/mol. The van der Waals surface area contributed by atoms with Gasteiger partial charge in [-0.1, -0.05) is 31.5 Å². The number of carbonyl (C=O) groups is 1. The van der Waals surface area contributed by atoms with Crippen LogP contribution >= 0.6 is 0 Å². The summed E-state index contributed by atoms with van der Waals surface area (Å²) in [5.41, 5.74) is 3.91. The maximum atomic E-state index is 12.0. The van der Waals surface area contributed by atoms with Crippen molar-refractivity contribution < 1.29 is 9.53 Å². The Hall–Kier alpha value is -2.40. The van der Waals surface area contributed by atoms with E-state index in [1.807, 2.05) is 54.9 Å². The molecule has 0 unspecified atom stereocenters. The van der Waals surface area contributed by atoms with E-state index in [9.17, 15) is 4.79 Å². The van der Waals surface area contributed by atoms with Crippen LogP contribution in [0.3, 0.4) is 0 Å².